The van der Waals surface area contributed by atoms with Crippen LogP contribution >= 0.6 is 11.6 Å². The molecule has 4 aliphatic rings. The summed E-state index contributed by atoms with van der Waals surface area (Å²) in [4.78, 5) is 24.9. The number of anilines is 1. The van der Waals surface area contributed by atoms with Gasteiger partial charge < -0.3 is 15.2 Å². The monoisotopic (exact) mass is 409 g/mol. The molecule has 4 saturated carbocycles. The molecule has 7 heteroatoms. The second kappa shape index (κ2) is 6.99. The van der Waals surface area contributed by atoms with E-state index in [-0.39, 0.29) is 22.5 Å². The van der Waals surface area contributed by atoms with Gasteiger partial charge in [0, 0.05) is 0 Å². The molecule has 0 aliphatic heterocycles. The van der Waals surface area contributed by atoms with Crippen LogP contribution in [-0.4, -0.2) is 28.7 Å². The van der Waals surface area contributed by atoms with Crippen LogP contribution in [0.2, 0.25) is 5.02 Å². The topological polar surface area (TPSA) is 75.6 Å². The molecule has 28 heavy (non-hydrogen) atoms. The van der Waals surface area contributed by atoms with E-state index in [1.165, 1.54) is 19.1 Å². The van der Waals surface area contributed by atoms with E-state index in [4.69, 9.17) is 16.3 Å². The first-order valence-electron chi connectivity index (χ1n) is 9.83. The highest BCUT2D eigenvalue weighted by molar-refractivity contribution is 6.33. The number of carbonyl (C=O) groups is 2. The van der Waals surface area contributed by atoms with E-state index in [1.54, 1.807) is 0 Å². The molecule has 4 fully saturated rings. The summed E-state index contributed by atoms with van der Waals surface area (Å²) in [6, 6.07) is 3.65. The fourth-order valence-corrected chi connectivity index (χ4v) is 6.25. The number of amides is 1. The minimum Gasteiger partial charge on any atom is -0.453 e. The molecule has 0 heterocycles. The Morgan fingerprint density at radius 2 is 2.00 bits per heavy atom. The molecule has 1 aromatic rings. The first-order valence-corrected chi connectivity index (χ1v) is 10.2. The second-order valence-electron chi connectivity index (χ2n) is 9.11. The lowest BCUT2D eigenvalue weighted by molar-refractivity contribution is -0.179. The molecule has 4 aliphatic carbocycles. The van der Waals surface area contributed by atoms with Crippen molar-refractivity contribution in [1.29, 1.82) is 0 Å². The summed E-state index contributed by atoms with van der Waals surface area (Å²) in [5.41, 5.74) is -0.571. The van der Waals surface area contributed by atoms with Gasteiger partial charge in [0.05, 0.1) is 22.7 Å². The SMILES string of the molecule is C[C@@H](OC(=O)CC12C[C@@H]3C[C@@H](CC(O)(C3)C1)C2)C(=O)Nc1ccc(F)cc1Cl. The third-order valence-electron chi connectivity index (χ3n) is 6.54. The Hall–Kier alpha value is -1.66. The summed E-state index contributed by atoms with van der Waals surface area (Å²) in [6.07, 6.45) is 4.63. The molecule has 5 atom stereocenters. The first-order chi connectivity index (χ1) is 13.2. The standard InChI is InChI=1S/C21H25ClFNO4/c1-12(19(26)24-17-3-2-15(23)5-16(17)22)28-18(25)10-20-6-13-4-14(7-20)9-21(27,8-13)11-20/h2-3,5,12-14,27H,4,6-11H2,1H3,(H,24,26)/t12-,13-,14+,20?,21?/m1/s1. The van der Waals surface area contributed by atoms with Gasteiger partial charge in [-0.1, -0.05) is 11.6 Å². The van der Waals surface area contributed by atoms with Crippen LogP contribution in [0.25, 0.3) is 0 Å². The van der Waals surface area contributed by atoms with E-state index in [2.05, 4.69) is 5.32 Å². The van der Waals surface area contributed by atoms with Gasteiger partial charge in [-0.2, -0.15) is 0 Å². The number of carbonyl (C=O) groups excluding carboxylic acids is 2. The quantitative estimate of drug-likeness (QED) is 0.719. The number of aliphatic hydroxyl groups is 1. The maximum atomic E-state index is 13.1. The molecular weight excluding hydrogens is 385 g/mol. The van der Waals surface area contributed by atoms with E-state index < -0.39 is 29.4 Å². The van der Waals surface area contributed by atoms with Crippen molar-refractivity contribution in [2.24, 2.45) is 17.3 Å². The zero-order valence-corrected chi connectivity index (χ0v) is 16.6. The summed E-state index contributed by atoms with van der Waals surface area (Å²) in [5.74, 6) is -0.468. The van der Waals surface area contributed by atoms with Crippen molar-refractivity contribution in [2.45, 2.75) is 63.6 Å². The van der Waals surface area contributed by atoms with Crippen LogP contribution in [0, 0.1) is 23.1 Å². The van der Waals surface area contributed by atoms with Gasteiger partial charge in [-0.25, -0.2) is 4.39 Å². The lowest BCUT2D eigenvalue weighted by atomic mass is 9.47. The van der Waals surface area contributed by atoms with Crippen molar-refractivity contribution in [3.63, 3.8) is 0 Å². The minimum absolute atomic E-state index is 0.0775. The van der Waals surface area contributed by atoms with Crippen LogP contribution in [-0.2, 0) is 14.3 Å². The van der Waals surface area contributed by atoms with E-state index >= 15 is 0 Å². The number of hydrogen-bond donors (Lipinski definition) is 2. The van der Waals surface area contributed by atoms with Gasteiger partial charge in [-0.15, -0.1) is 0 Å². The van der Waals surface area contributed by atoms with Crippen molar-refractivity contribution >= 4 is 29.2 Å². The van der Waals surface area contributed by atoms with Crippen molar-refractivity contribution in [3.05, 3.63) is 29.0 Å². The highest BCUT2D eigenvalue weighted by Gasteiger charge is 2.57. The minimum atomic E-state index is -0.995. The summed E-state index contributed by atoms with van der Waals surface area (Å²) in [7, 11) is 0. The van der Waals surface area contributed by atoms with E-state index in [9.17, 15) is 19.1 Å². The lowest BCUT2D eigenvalue weighted by Gasteiger charge is -2.60. The number of esters is 1. The molecule has 5 rings (SSSR count). The van der Waals surface area contributed by atoms with Crippen LogP contribution in [0.3, 0.4) is 0 Å². The Labute approximate surface area is 168 Å². The predicted octanol–water partition coefficient (Wildman–Crippen LogP) is 4.07. The molecule has 0 saturated heterocycles. The maximum absolute atomic E-state index is 13.1. The highest BCUT2D eigenvalue weighted by atomic mass is 35.5. The first kappa shape index (κ1) is 19.6. The Balaban J connectivity index is 1.35. The number of halogens is 2. The van der Waals surface area contributed by atoms with E-state index in [0.29, 0.717) is 18.3 Å². The molecule has 0 radical (unpaired) electrons. The van der Waals surface area contributed by atoms with Gasteiger partial charge in [0.25, 0.3) is 5.91 Å². The Kier molecular flexibility index (Phi) is 4.91. The zero-order valence-electron chi connectivity index (χ0n) is 15.8. The smallest absolute Gasteiger partial charge is 0.307 e. The van der Waals surface area contributed by atoms with Crippen LogP contribution in [0.5, 0.6) is 0 Å². The van der Waals surface area contributed by atoms with Gasteiger partial charge >= 0.3 is 5.97 Å². The summed E-state index contributed by atoms with van der Waals surface area (Å²) in [5, 5.41) is 13.4. The highest BCUT2D eigenvalue weighted by Crippen LogP contribution is 2.62. The summed E-state index contributed by atoms with van der Waals surface area (Å²) in [6.45, 7) is 1.50. The molecule has 2 N–H and O–H groups in total. The van der Waals surface area contributed by atoms with Crippen molar-refractivity contribution < 1.29 is 23.8 Å². The van der Waals surface area contributed by atoms with Gasteiger partial charge in [-0.05, 0) is 80.9 Å². The molecule has 1 amide bonds. The Morgan fingerprint density at radius 1 is 1.32 bits per heavy atom. The fourth-order valence-electron chi connectivity index (χ4n) is 6.03. The number of rotatable bonds is 5. The van der Waals surface area contributed by atoms with Gasteiger partial charge in [0.15, 0.2) is 6.10 Å². The van der Waals surface area contributed by atoms with Gasteiger partial charge in [-0.3, -0.25) is 9.59 Å². The van der Waals surface area contributed by atoms with Gasteiger partial charge in [0.2, 0.25) is 0 Å². The molecule has 2 unspecified atom stereocenters. The fraction of sp³-hybridized carbons (Fsp3) is 0.619. The van der Waals surface area contributed by atoms with Crippen molar-refractivity contribution in [2.75, 3.05) is 5.32 Å². The molecule has 0 aromatic heterocycles. The van der Waals surface area contributed by atoms with E-state index in [1.807, 2.05) is 0 Å². The van der Waals surface area contributed by atoms with Crippen LogP contribution in [0.15, 0.2) is 18.2 Å². The molecule has 5 nitrogen and oxygen atoms in total. The Bertz CT molecular complexity index is 800. The average Bonchev–Trinajstić information content (AvgIpc) is 2.54. The largest absolute Gasteiger partial charge is 0.453 e. The Morgan fingerprint density at radius 3 is 2.61 bits per heavy atom. The van der Waals surface area contributed by atoms with E-state index in [0.717, 1.165) is 38.2 Å². The molecule has 4 bridgehead atoms. The molecule has 1 aromatic carbocycles. The lowest BCUT2D eigenvalue weighted by Crippen LogP contribution is -2.56. The molecule has 152 valence electrons. The maximum Gasteiger partial charge on any atom is 0.307 e. The van der Waals surface area contributed by atoms with Crippen LogP contribution in [0.1, 0.15) is 51.9 Å². The summed E-state index contributed by atoms with van der Waals surface area (Å²) >= 11 is 5.91. The van der Waals surface area contributed by atoms with Crippen LogP contribution in [0.4, 0.5) is 10.1 Å². The third kappa shape index (κ3) is 3.90. The normalized spacial score (nSPS) is 34.1. The van der Waals surface area contributed by atoms with Crippen LogP contribution < -0.4 is 5.32 Å². The average molecular weight is 410 g/mol. The zero-order chi connectivity index (χ0) is 20.1. The number of ether oxygens (including phenoxy) is 1. The number of nitrogens with one attached hydrogen (secondary N) is 1. The number of benzene rings is 1. The van der Waals surface area contributed by atoms with Crippen molar-refractivity contribution in [3.8, 4) is 0 Å². The third-order valence-corrected chi connectivity index (χ3v) is 6.85. The predicted molar refractivity (Wildman–Crippen MR) is 102 cm³/mol. The second-order valence-corrected chi connectivity index (χ2v) is 9.51. The van der Waals surface area contributed by atoms with Gasteiger partial charge in [0.1, 0.15) is 5.82 Å². The van der Waals surface area contributed by atoms with Crippen molar-refractivity contribution in [1.82, 2.24) is 0 Å². The summed E-state index contributed by atoms with van der Waals surface area (Å²) < 4.78 is 18.5. The molecule has 0 spiro atoms. The number of hydrogen-bond acceptors (Lipinski definition) is 4. The molecular formula is C21H25ClFNO4.